The molecule has 1 aromatic heterocycles. The molecule has 0 bridgehead atoms. The summed E-state index contributed by atoms with van der Waals surface area (Å²) >= 11 is 0. The van der Waals surface area contributed by atoms with Crippen LogP contribution in [0.5, 0.6) is 0 Å². The first-order valence-electron chi connectivity index (χ1n) is 3.36. The Bertz CT molecular complexity index is 231. The number of nitrogens with one attached hydrogen (secondary N) is 1. The summed E-state index contributed by atoms with van der Waals surface area (Å²) in [5.74, 6) is 0. The summed E-state index contributed by atoms with van der Waals surface area (Å²) in [4.78, 5) is 0. The predicted molar refractivity (Wildman–Crippen MR) is 41.1 cm³/mol. The smallest absolute Gasteiger partial charge is 0.0587 e. The summed E-state index contributed by atoms with van der Waals surface area (Å²) in [6.07, 6.45) is 5.32. The molecule has 0 aliphatic carbocycles. The van der Waals surface area contributed by atoms with Crippen LogP contribution in [0.25, 0.3) is 0 Å². The Kier molecular flexibility index (Phi) is 2.83. The first kappa shape index (κ1) is 7.97. The number of allylic oxidation sites excluding steroid dienone is 1. The van der Waals surface area contributed by atoms with Crippen molar-refractivity contribution in [2.75, 3.05) is 0 Å². The van der Waals surface area contributed by atoms with Crippen molar-refractivity contribution in [2.24, 2.45) is 0 Å². The van der Waals surface area contributed by atoms with Gasteiger partial charge in [0.2, 0.25) is 0 Å². The number of hydrogen-bond acceptors (Lipinski definition) is 3. The van der Waals surface area contributed by atoms with Gasteiger partial charge >= 0.3 is 0 Å². The molecule has 11 heavy (non-hydrogen) atoms. The average molecular weight is 153 g/mol. The van der Waals surface area contributed by atoms with Crippen LogP contribution in [0.3, 0.4) is 0 Å². The van der Waals surface area contributed by atoms with Crippen LogP contribution in [0.15, 0.2) is 25.0 Å². The standard InChI is InChI=1S/C7H11N3O/c1-2-3-10-6-7(4-8-10)5-9-11/h2,4,6,9,11H,1,3,5H2. The molecule has 0 saturated carbocycles. The fourth-order valence-electron chi connectivity index (χ4n) is 0.821. The maximum Gasteiger partial charge on any atom is 0.0587 e. The summed E-state index contributed by atoms with van der Waals surface area (Å²) in [5, 5.41) is 12.4. The molecule has 0 aliphatic rings. The SMILES string of the molecule is C=CCn1cc(CNO)cn1. The van der Waals surface area contributed by atoms with Gasteiger partial charge in [0.15, 0.2) is 0 Å². The molecular formula is C7H11N3O. The van der Waals surface area contributed by atoms with Crippen molar-refractivity contribution in [1.82, 2.24) is 15.3 Å². The van der Waals surface area contributed by atoms with Crippen molar-refractivity contribution >= 4 is 0 Å². The van der Waals surface area contributed by atoms with Gasteiger partial charge in [-0.25, -0.2) is 5.48 Å². The topological polar surface area (TPSA) is 50.1 Å². The minimum Gasteiger partial charge on any atom is -0.316 e. The molecule has 1 aromatic rings. The molecule has 0 amide bonds. The second-order valence-electron chi connectivity index (χ2n) is 2.19. The van der Waals surface area contributed by atoms with Crippen LogP contribution >= 0.6 is 0 Å². The molecule has 0 aromatic carbocycles. The van der Waals surface area contributed by atoms with E-state index in [1.807, 2.05) is 6.20 Å². The second kappa shape index (κ2) is 3.90. The van der Waals surface area contributed by atoms with E-state index in [-0.39, 0.29) is 0 Å². The van der Waals surface area contributed by atoms with Crippen LogP contribution in [0.2, 0.25) is 0 Å². The van der Waals surface area contributed by atoms with Gasteiger partial charge in [-0.1, -0.05) is 6.08 Å². The predicted octanol–water partition coefficient (Wildman–Crippen LogP) is 0.548. The Balaban J connectivity index is 2.57. The highest BCUT2D eigenvalue weighted by molar-refractivity contribution is 5.03. The van der Waals surface area contributed by atoms with E-state index < -0.39 is 0 Å². The van der Waals surface area contributed by atoms with Crippen molar-refractivity contribution < 1.29 is 5.21 Å². The van der Waals surface area contributed by atoms with E-state index in [0.717, 1.165) is 5.56 Å². The fraction of sp³-hybridized carbons (Fsp3) is 0.286. The van der Waals surface area contributed by atoms with Crippen LogP contribution in [0.4, 0.5) is 0 Å². The minimum atomic E-state index is 0.428. The van der Waals surface area contributed by atoms with Crippen molar-refractivity contribution in [1.29, 1.82) is 0 Å². The molecule has 1 heterocycles. The van der Waals surface area contributed by atoms with Gasteiger partial charge in [-0.3, -0.25) is 4.68 Å². The Morgan fingerprint density at radius 1 is 1.82 bits per heavy atom. The van der Waals surface area contributed by atoms with Crippen LogP contribution < -0.4 is 5.48 Å². The Morgan fingerprint density at radius 2 is 2.64 bits per heavy atom. The van der Waals surface area contributed by atoms with Crippen molar-refractivity contribution in [3.05, 3.63) is 30.6 Å². The van der Waals surface area contributed by atoms with Gasteiger partial charge in [0, 0.05) is 18.3 Å². The molecule has 0 fully saturated rings. The van der Waals surface area contributed by atoms with Crippen molar-refractivity contribution in [3.63, 3.8) is 0 Å². The molecule has 60 valence electrons. The van der Waals surface area contributed by atoms with E-state index in [9.17, 15) is 0 Å². The average Bonchev–Trinajstić information content (AvgIpc) is 2.38. The lowest BCUT2D eigenvalue weighted by molar-refractivity contribution is 0.161. The first-order chi connectivity index (χ1) is 5.36. The molecule has 0 atom stereocenters. The van der Waals surface area contributed by atoms with Gasteiger partial charge in [-0.2, -0.15) is 5.10 Å². The van der Waals surface area contributed by atoms with E-state index in [1.165, 1.54) is 0 Å². The number of aromatic nitrogens is 2. The fourth-order valence-corrected chi connectivity index (χ4v) is 0.821. The Labute approximate surface area is 65.1 Å². The molecule has 0 radical (unpaired) electrons. The highest BCUT2D eigenvalue weighted by Crippen LogP contribution is 1.96. The van der Waals surface area contributed by atoms with E-state index in [0.29, 0.717) is 13.1 Å². The molecule has 0 unspecified atom stereocenters. The largest absolute Gasteiger partial charge is 0.316 e. The summed E-state index contributed by atoms with van der Waals surface area (Å²) in [7, 11) is 0. The van der Waals surface area contributed by atoms with E-state index >= 15 is 0 Å². The molecular weight excluding hydrogens is 142 g/mol. The number of rotatable bonds is 4. The van der Waals surface area contributed by atoms with Gasteiger partial charge in [0.25, 0.3) is 0 Å². The van der Waals surface area contributed by atoms with Gasteiger partial charge in [0.1, 0.15) is 0 Å². The zero-order valence-corrected chi connectivity index (χ0v) is 6.20. The zero-order chi connectivity index (χ0) is 8.10. The van der Waals surface area contributed by atoms with Gasteiger partial charge in [-0.15, -0.1) is 6.58 Å². The van der Waals surface area contributed by atoms with Crippen LogP contribution in [0.1, 0.15) is 5.56 Å². The van der Waals surface area contributed by atoms with Crippen LogP contribution in [-0.4, -0.2) is 15.0 Å². The van der Waals surface area contributed by atoms with Crippen LogP contribution in [0, 0.1) is 0 Å². The third kappa shape index (κ3) is 2.18. The maximum atomic E-state index is 8.35. The monoisotopic (exact) mass is 153 g/mol. The third-order valence-electron chi connectivity index (χ3n) is 1.29. The van der Waals surface area contributed by atoms with E-state index in [1.54, 1.807) is 17.0 Å². The highest BCUT2D eigenvalue weighted by atomic mass is 16.5. The quantitative estimate of drug-likeness (QED) is 0.490. The lowest BCUT2D eigenvalue weighted by atomic mass is 10.4. The molecule has 4 nitrogen and oxygen atoms in total. The van der Waals surface area contributed by atoms with E-state index in [2.05, 4.69) is 17.2 Å². The molecule has 0 aliphatic heterocycles. The molecule has 2 N–H and O–H groups in total. The van der Waals surface area contributed by atoms with Crippen molar-refractivity contribution in [3.8, 4) is 0 Å². The zero-order valence-electron chi connectivity index (χ0n) is 6.20. The minimum absolute atomic E-state index is 0.428. The summed E-state index contributed by atoms with van der Waals surface area (Å²) in [6.45, 7) is 4.71. The van der Waals surface area contributed by atoms with Gasteiger partial charge < -0.3 is 5.21 Å². The molecule has 0 spiro atoms. The molecule has 4 heteroatoms. The summed E-state index contributed by atoms with van der Waals surface area (Å²) in [5.41, 5.74) is 3.01. The summed E-state index contributed by atoms with van der Waals surface area (Å²) in [6, 6.07) is 0. The van der Waals surface area contributed by atoms with E-state index in [4.69, 9.17) is 5.21 Å². The lowest BCUT2D eigenvalue weighted by Crippen LogP contribution is -2.04. The number of hydroxylamine groups is 1. The van der Waals surface area contributed by atoms with Crippen molar-refractivity contribution in [2.45, 2.75) is 13.1 Å². The summed E-state index contributed by atoms with van der Waals surface area (Å²) < 4.78 is 1.75. The molecule has 0 saturated heterocycles. The number of nitrogens with zero attached hydrogens (tertiary/aromatic N) is 2. The second-order valence-corrected chi connectivity index (χ2v) is 2.19. The number of hydrogen-bond donors (Lipinski definition) is 2. The first-order valence-corrected chi connectivity index (χ1v) is 3.36. The van der Waals surface area contributed by atoms with Gasteiger partial charge in [-0.05, 0) is 0 Å². The Hall–Kier alpha value is -1.13. The maximum absolute atomic E-state index is 8.35. The van der Waals surface area contributed by atoms with Crippen LogP contribution in [-0.2, 0) is 13.1 Å². The molecule has 1 rings (SSSR count). The lowest BCUT2D eigenvalue weighted by Gasteiger charge is -1.92. The normalized spacial score (nSPS) is 9.91. The third-order valence-corrected chi connectivity index (χ3v) is 1.29. The highest BCUT2D eigenvalue weighted by Gasteiger charge is 1.94. The van der Waals surface area contributed by atoms with Gasteiger partial charge in [0.05, 0.1) is 12.7 Å². The Morgan fingerprint density at radius 3 is 3.27 bits per heavy atom.